The van der Waals surface area contributed by atoms with E-state index in [0.29, 0.717) is 18.1 Å². The predicted octanol–water partition coefficient (Wildman–Crippen LogP) is 1.91. The van der Waals surface area contributed by atoms with E-state index in [-0.39, 0.29) is 11.0 Å². The van der Waals surface area contributed by atoms with Gasteiger partial charge in [0, 0.05) is 36.1 Å². The molecular formula is C15H28N2O. The van der Waals surface area contributed by atoms with Crippen molar-refractivity contribution in [2.75, 3.05) is 13.2 Å². The first-order chi connectivity index (χ1) is 8.45. The fourth-order valence-electron chi connectivity index (χ4n) is 4.41. The zero-order valence-corrected chi connectivity index (χ0v) is 12.0. The van der Waals surface area contributed by atoms with Crippen molar-refractivity contribution in [3.05, 3.63) is 0 Å². The number of fused-ring (bicyclic) bond motifs is 1. The number of rotatable bonds is 3. The van der Waals surface area contributed by atoms with Gasteiger partial charge in [-0.3, -0.25) is 0 Å². The van der Waals surface area contributed by atoms with Crippen LogP contribution in [-0.2, 0) is 4.74 Å². The monoisotopic (exact) mass is 252 g/mol. The Hall–Kier alpha value is -0.120. The van der Waals surface area contributed by atoms with Gasteiger partial charge >= 0.3 is 0 Å². The molecule has 3 heteroatoms. The molecule has 0 aromatic heterocycles. The lowest BCUT2D eigenvalue weighted by molar-refractivity contribution is -0.226. The second-order valence-electron chi connectivity index (χ2n) is 7.46. The Morgan fingerprint density at radius 2 is 2.06 bits per heavy atom. The van der Waals surface area contributed by atoms with Crippen LogP contribution in [0.15, 0.2) is 0 Å². The summed E-state index contributed by atoms with van der Waals surface area (Å²) in [5.74, 6) is 1.46. The van der Waals surface area contributed by atoms with E-state index in [2.05, 4.69) is 26.1 Å². The summed E-state index contributed by atoms with van der Waals surface area (Å²) in [5, 5.41) is 3.70. The van der Waals surface area contributed by atoms with Crippen LogP contribution in [-0.4, -0.2) is 30.8 Å². The maximum absolute atomic E-state index is 6.75. The van der Waals surface area contributed by atoms with E-state index >= 15 is 0 Å². The Bertz CT molecular complexity index is 324. The van der Waals surface area contributed by atoms with Crippen LogP contribution in [0.25, 0.3) is 0 Å². The van der Waals surface area contributed by atoms with Gasteiger partial charge < -0.3 is 15.8 Å². The normalized spacial score (nSPS) is 50.0. The molecule has 1 saturated heterocycles. The van der Waals surface area contributed by atoms with Gasteiger partial charge in [-0.1, -0.05) is 20.8 Å². The summed E-state index contributed by atoms with van der Waals surface area (Å²) < 4.78 is 5.94. The lowest BCUT2D eigenvalue weighted by atomic mass is 9.46. The third-order valence-electron chi connectivity index (χ3n) is 5.95. The van der Waals surface area contributed by atoms with Crippen LogP contribution in [0.3, 0.4) is 0 Å². The van der Waals surface area contributed by atoms with Crippen LogP contribution in [0.5, 0.6) is 0 Å². The van der Waals surface area contributed by atoms with Gasteiger partial charge in [0.05, 0.1) is 6.10 Å². The van der Waals surface area contributed by atoms with Gasteiger partial charge in [-0.25, -0.2) is 0 Å². The first kappa shape index (κ1) is 12.9. The first-order valence-electron chi connectivity index (χ1n) is 7.59. The Morgan fingerprint density at radius 3 is 2.72 bits per heavy atom. The molecule has 0 aromatic carbocycles. The molecule has 1 aliphatic heterocycles. The smallest absolute Gasteiger partial charge is 0.0690 e. The molecule has 3 fully saturated rings. The average molecular weight is 252 g/mol. The van der Waals surface area contributed by atoms with Crippen LogP contribution in [0.4, 0.5) is 0 Å². The summed E-state index contributed by atoms with van der Waals surface area (Å²) in [6, 6.07) is 0.708. The summed E-state index contributed by atoms with van der Waals surface area (Å²) in [6.45, 7) is 8.78. The minimum atomic E-state index is -0.0725. The maximum atomic E-state index is 6.75. The largest absolute Gasteiger partial charge is 0.377 e. The molecule has 3 nitrogen and oxygen atoms in total. The zero-order valence-electron chi connectivity index (χ0n) is 12.0. The van der Waals surface area contributed by atoms with Gasteiger partial charge in [0.15, 0.2) is 0 Å². The number of ether oxygens (including phenoxy) is 1. The van der Waals surface area contributed by atoms with Crippen molar-refractivity contribution in [1.82, 2.24) is 5.32 Å². The molecule has 3 atom stereocenters. The highest BCUT2D eigenvalue weighted by atomic mass is 16.5. The molecule has 3 N–H and O–H groups in total. The van der Waals surface area contributed by atoms with Crippen molar-refractivity contribution in [3.63, 3.8) is 0 Å². The van der Waals surface area contributed by atoms with E-state index in [1.165, 1.54) is 25.7 Å². The van der Waals surface area contributed by atoms with E-state index in [1.54, 1.807) is 0 Å². The van der Waals surface area contributed by atoms with Crippen LogP contribution in [0.1, 0.15) is 46.5 Å². The fourth-order valence-corrected chi connectivity index (χ4v) is 4.41. The topological polar surface area (TPSA) is 47.3 Å². The Morgan fingerprint density at radius 1 is 1.33 bits per heavy atom. The van der Waals surface area contributed by atoms with Crippen molar-refractivity contribution in [3.8, 4) is 0 Å². The molecule has 0 amide bonds. The lowest BCUT2D eigenvalue weighted by Crippen LogP contribution is -2.80. The van der Waals surface area contributed by atoms with E-state index in [1.807, 2.05) is 0 Å². The highest BCUT2D eigenvalue weighted by molar-refractivity contribution is 5.20. The quantitative estimate of drug-likeness (QED) is 0.806. The van der Waals surface area contributed by atoms with Gasteiger partial charge in [-0.15, -0.1) is 0 Å². The SMILES string of the molecule is CC1CC(NCC2(N)C3CCCOC3C2(C)C)C1. The van der Waals surface area contributed by atoms with E-state index in [4.69, 9.17) is 10.5 Å². The highest BCUT2D eigenvalue weighted by Gasteiger charge is 2.66. The van der Waals surface area contributed by atoms with Crippen LogP contribution < -0.4 is 11.1 Å². The minimum Gasteiger partial charge on any atom is -0.377 e. The fraction of sp³-hybridized carbons (Fsp3) is 1.00. The molecule has 2 aliphatic carbocycles. The second-order valence-corrected chi connectivity index (χ2v) is 7.46. The molecule has 0 radical (unpaired) electrons. The Kier molecular flexibility index (Phi) is 3.00. The Balaban J connectivity index is 1.61. The molecule has 1 heterocycles. The third kappa shape index (κ3) is 1.67. The standard InChI is InChI=1S/C15H28N2O/c1-10-7-11(8-10)17-9-15(16)12-5-4-6-18-13(12)14(15,2)3/h10-13,17H,4-9,16H2,1-3H3. The Labute approximate surface area is 111 Å². The minimum absolute atomic E-state index is 0.0725. The number of hydrogen-bond donors (Lipinski definition) is 2. The summed E-state index contributed by atoms with van der Waals surface area (Å²) in [6.07, 6.45) is 5.45. The molecular weight excluding hydrogens is 224 g/mol. The molecule has 0 bridgehead atoms. The molecule has 104 valence electrons. The van der Waals surface area contributed by atoms with Gasteiger partial charge in [0.25, 0.3) is 0 Å². The molecule has 0 aromatic rings. The maximum Gasteiger partial charge on any atom is 0.0690 e. The number of nitrogens with two attached hydrogens (primary N) is 1. The average Bonchev–Trinajstić information content (AvgIpc) is 2.32. The van der Waals surface area contributed by atoms with Crippen molar-refractivity contribution in [2.45, 2.75) is 64.1 Å². The second kappa shape index (κ2) is 4.19. The van der Waals surface area contributed by atoms with Gasteiger partial charge in [-0.05, 0) is 31.6 Å². The zero-order chi connectivity index (χ0) is 13.0. The summed E-state index contributed by atoms with van der Waals surface area (Å²) in [7, 11) is 0. The molecule has 0 spiro atoms. The summed E-state index contributed by atoms with van der Waals surface area (Å²) in [4.78, 5) is 0. The van der Waals surface area contributed by atoms with Crippen LogP contribution in [0, 0.1) is 17.3 Å². The van der Waals surface area contributed by atoms with Crippen molar-refractivity contribution >= 4 is 0 Å². The van der Waals surface area contributed by atoms with Crippen molar-refractivity contribution < 1.29 is 4.74 Å². The molecule has 2 saturated carbocycles. The molecule has 18 heavy (non-hydrogen) atoms. The lowest BCUT2D eigenvalue weighted by Gasteiger charge is -2.67. The van der Waals surface area contributed by atoms with E-state index in [0.717, 1.165) is 19.1 Å². The first-order valence-corrected chi connectivity index (χ1v) is 7.59. The van der Waals surface area contributed by atoms with E-state index < -0.39 is 0 Å². The molecule has 3 rings (SSSR count). The van der Waals surface area contributed by atoms with Crippen LogP contribution in [0.2, 0.25) is 0 Å². The third-order valence-corrected chi connectivity index (χ3v) is 5.95. The summed E-state index contributed by atoms with van der Waals surface area (Å²) >= 11 is 0. The highest BCUT2D eigenvalue weighted by Crippen LogP contribution is 2.57. The van der Waals surface area contributed by atoms with Crippen molar-refractivity contribution in [2.24, 2.45) is 23.0 Å². The van der Waals surface area contributed by atoms with Crippen LogP contribution >= 0.6 is 0 Å². The molecule has 3 unspecified atom stereocenters. The predicted molar refractivity (Wildman–Crippen MR) is 73.4 cm³/mol. The van der Waals surface area contributed by atoms with Crippen molar-refractivity contribution in [1.29, 1.82) is 0 Å². The number of hydrogen-bond acceptors (Lipinski definition) is 3. The van der Waals surface area contributed by atoms with Gasteiger partial charge in [0.1, 0.15) is 0 Å². The van der Waals surface area contributed by atoms with Gasteiger partial charge in [-0.2, -0.15) is 0 Å². The summed E-state index contributed by atoms with van der Waals surface area (Å²) in [5.41, 5.74) is 6.79. The number of nitrogens with one attached hydrogen (secondary N) is 1. The molecule has 3 aliphatic rings. The van der Waals surface area contributed by atoms with E-state index in [9.17, 15) is 0 Å². The van der Waals surface area contributed by atoms with Gasteiger partial charge in [0.2, 0.25) is 0 Å².